The highest BCUT2D eigenvalue weighted by Gasteiger charge is 1.97. The van der Waals surface area contributed by atoms with Crippen LogP contribution in [0.3, 0.4) is 0 Å². The van der Waals surface area contributed by atoms with E-state index >= 15 is 0 Å². The van der Waals surface area contributed by atoms with Crippen molar-refractivity contribution in [2.75, 3.05) is 6.61 Å². The zero-order chi connectivity index (χ0) is 15.3. The molecule has 1 aromatic rings. The Labute approximate surface area is 141 Å². The minimum absolute atomic E-state index is 0.315. The van der Waals surface area contributed by atoms with Crippen LogP contribution in [0.2, 0.25) is 0 Å². The zero-order valence-corrected chi connectivity index (χ0v) is 14.7. The topological polar surface area (TPSA) is 46.5 Å². The first-order valence-corrected chi connectivity index (χ1v) is 8.86. The van der Waals surface area contributed by atoms with E-state index in [1.165, 1.54) is 29.3 Å². The summed E-state index contributed by atoms with van der Waals surface area (Å²) in [6, 6.07) is 8.14. The summed E-state index contributed by atoms with van der Waals surface area (Å²) >= 11 is 2.29. The third kappa shape index (κ3) is 10.6. The second kappa shape index (κ2) is 11.8. The molecule has 0 radical (unpaired) electrons. The summed E-state index contributed by atoms with van der Waals surface area (Å²) in [5.74, 6) is 0.275. The Kier molecular flexibility index (Phi) is 10.3. The molecule has 0 aliphatic carbocycles. The van der Waals surface area contributed by atoms with Crippen molar-refractivity contribution < 1.29 is 14.6 Å². The number of rotatable bonds is 12. The molecule has 1 rings (SSSR count). The summed E-state index contributed by atoms with van der Waals surface area (Å²) in [4.78, 5) is 10.3. The molecule has 0 saturated heterocycles. The van der Waals surface area contributed by atoms with Crippen LogP contribution in [0.4, 0.5) is 0 Å². The standard InChI is InChI=1S/C17H25IO3/c18-15-10-12-16(13-11-15)21-14-8-6-4-2-1-3-5-7-9-17(19)20/h10-13H,1-9,14H2,(H,19,20). The first kappa shape index (κ1) is 18.3. The van der Waals surface area contributed by atoms with Gasteiger partial charge in [-0.05, 0) is 59.7 Å². The average molecular weight is 404 g/mol. The molecule has 0 spiro atoms. The van der Waals surface area contributed by atoms with E-state index in [1.807, 2.05) is 12.1 Å². The van der Waals surface area contributed by atoms with Crippen LogP contribution < -0.4 is 4.74 Å². The third-order valence-corrected chi connectivity index (χ3v) is 4.09. The molecule has 1 aromatic carbocycles. The lowest BCUT2D eigenvalue weighted by Crippen LogP contribution is -1.97. The number of benzene rings is 1. The van der Waals surface area contributed by atoms with Gasteiger partial charge in [0, 0.05) is 9.99 Å². The van der Waals surface area contributed by atoms with E-state index in [2.05, 4.69) is 34.7 Å². The molecule has 1 N–H and O–H groups in total. The highest BCUT2D eigenvalue weighted by atomic mass is 127. The van der Waals surface area contributed by atoms with E-state index in [0.717, 1.165) is 38.0 Å². The van der Waals surface area contributed by atoms with Gasteiger partial charge in [0.05, 0.1) is 6.61 Å². The SMILES string of the molecule is O=C(O)CCCCCCCCCCOc1ccc(I)cc1. The van der Waals surface area contributed by atoms with Crippen LogP contribution in [0.15, 0.2) is 24.3 Å². The van der Waals surface area contributed by atoms with Crippen LogP contribution >= 0.6 is 22.6 Å². The van der Waals surface area contributed by atoms with Gasteiger partial charge in [-0.25, -0.2) is 0 Å². The Bertz CT molecular complexity index is 390. The monoisotopic (exact) mass is 404 g/mol. The van der Waals surface area contributed by atoms with Crippen molar-refractivity contribution in [1.29, 1.82) is 0 Å². The van der Waals surface area contributed by atoms with E-state index < -0.39 is 5.97 Å². The molecule has 4 heteroatoms. The molecule has 0 saturated carbocycles. The predicted molar refractivity (Wildman–Crippen MR) is 93.8 cm³/mol. The van der Waals surface area contributed by atoms with Crippen molar-refractivity contribution in [2.24, 2.45) is 0 Å². The average Bonchev–Trinajstić information content (AvgIpc) is 2.46. The molecular weight excluding hydrogens is 379 g/mol. The smallest absolute Gasteiger partial charge is 0.303 e. The summed E-state index contributed by atoms with van der Waals surface area (Å²) in [7, 11) is 0. The van der Waals surface area contributed by atoms with Gasteiger partial charge in [-0.3, -0.25) is 4.79 Å². The Morgan fingerprint density at radius 2 is 1.43 bits per heavy atom. The first-order valence-electron chi connectivity index (χ1n) is 7.78. The van der Waals surface area contributed by atoms with Gasteiger partial charge in [0.2, 0.25) is 0 Å². The van der Waals surface area contributed by atoms with Crippen LogP contribution in [0.25, 0.3) is 0 Å². The van der Waals surface area contributed by atoms with Crippen molar-refractivity contribution >= 4 is 28.6 Å². The van der Waals surface area contributed by atoms with E-state index in [1.54, 1.807) is 0 Å². The molecule has 0 unspecified atom stereocenters. The van der Waals surface area contributed by atoms with Crippen LogP contribution in [0.1, 0.15) is 57.8 Å². The molecular formula is C17H25IO3. The summed E-state index contributed by atoms with van der Waals surface area (Å²) in [5.41, 5.74) is 0. The summed E-state index contributed by atoms with van der Waals surface area (Å²) in [6.07, 6.45) is 9.36. The quantitative estimate of drug-likeness (QED) is 0.382. The van der Waals surface area contributed by atoms with Crippen molar-refractivity contribution in [3.63, 3.8) is 0 Å². The summed E-state index contributed by atoms with van der Waals surface area (Å²) in [5, 5.41) is 8.52. The van der Waals surface area contributed by atoms with Gasteiger partial charge < -0.3 is 9.84 Å². The molecule has 0 amide bonds. The molecule has 0 fully saturated rings. The third-order valence-electron chi connectivity index (χ3n) is 3.37. The number of carboxylic acid groups (broad SMARTS) is 1. The van der Waals surface area contributed by atoms with Gasteiger partial charge in [0.15, 0.2) is 0 Å². The van der Waals surface area contributed by atoms with E-state index in [0.29, 0.717) is 6.42 Å². The Morgan fingerprint density at radius 1 is 0.905 bits per heavy atom. The second-order valence-electron chi connectivity index (χ2n) is 5.27. The van der Waals surface area contributed by atoms with Gasteiger partial charge in [-0.2, -0.15) is 0 Å². The maximum atomic E-state index is 10.3. The maximum Gasteiger partial charge on any atom is 0.303 e. The molecule has 0 heterocycles. The summed E-state index contributed by atoms with van der Waals surface area (Å²) < 4.78 is 6.91. The molecule has 0 aliphatic rings. The Hall–Kier alpha value is -0.780. The number of carbonyl (C=O) groups is 1. The number of halogens is 1. The Morgan fingerprint density at radius 3 is 2.00 bits per heavy atom. The fourth-order valence-electron chi connectivity index (χ4n) is 2.16. The van der Waals surface area contributed by atoms with E-state index in [-0.39, 0.29) is 0 Å². The van der Waals surface area contributed by atoms with Crippen molar-refractivity contribution in [3.05, 3.63) is 27.8 Å². The van der Waals surface area contributed by atoms with Gasteiger partial charge in [-0.1, -0.05) is 38.5 Å². The molecule has 0 aliphatic heterocycles. The minimum Gasteiger partial charge on any atom is -0.494 e. The van der Waals surface area contributed by atoms with Crippen LogP contribution in [-0.4, -0.2) is 17.7 Å². The van der Waals surface area contributed by atoms with E-state index in [9.17, 15) is 4.79 Å². The largest absolute Gasteiger partial charge is 0.494 e. The lowest BCUT2D eigenvalue weighted by atomic mass is 10.1. The lowest BCUT2D eigenvalue weighted by molar-refractivity contribution is -0.137. The molecule has 3 nitrogen and oxygen atoms in total. The van der Waals surface area contributed by atoms with Crippen molar-refractivity contribution in [2.45, 2.75) is 57.8 Å². The minimum atomic E-state index is -0.678. The zero-order valence-electron chi connectivity index (χ0n) is 12.5. The highest BCUT2D eigenvalue weighted by Crippen LogP contribution is 2.14. The molecule has 118 valence electrons. The molecule has 0 bridgehead atoms. The number of hydrogen-bond acceptors (Lipinski definition) is 2. The molecule has 0 atom stereocenters. The maximum absolute atomic E-state index is 10.3. The fraction of sp³-hybridized carbons (Fsp3) is 0.588. The fourth-order valence-corrected chi connectivity index (χ4v) is 2.52. The first-order chi connectivity index (χ1) is 10.2. The van der Waals surface area contributed by atoms with Gasteiger partial charge in [0.25, 0.3) is 0 Å². The number of hydrogen-bond donors (Lipinski definition) is 1. The summed E-state index contributed by atoms with van der Waals surface area (Å²) in [6.45, 7) is 0.791. The Balaban J connectivity index is 1.84. The van der Waals surface area contributed by atoms with Gasteiger partial charge in [0.1, 0.15) is 5.75 Å². The molecule has 0 aromatic heterocycles. The second-order valence-corrected chi connectivity index (χ2v) is 6.52. The van der Waals surface area contributed by atoms with Gasteiger partial charge >= 0.3 is 5.97 Å². The lowest BCUT2D eigenvalue weighted by Gasteiger charge is -2.06. The number of carboxylic acids is 1. The van der Waals surface area contributed by atoms with Crippen molar-refractivity contribution in [3.8, 4) is 5.75 Å². The number of aliphatic carboxylic acids is 1. The normalized spacial score (nSPS) is 10.5. The number of ether oxygens (including phenoxy) is 1. The van der Waals surface area contributed by atoms with Crippen LogP contribution in [0.5, 0.6) is 5.75 Å². The van der Waals surface area contributed by atoms with Crippen LogP contribution in [0, 0.1) is 3.57 Å². The van der Waals surface area contributed by atoms with Gasteiger partial charge in [-0.15, -0.1) is 0 Å². The van der Waals surface area contributed by atoms with Crippen molar-refractivity contribution in [1.82, 2.24) is 0 Å². The predicted octanol–water partition coefficient (Wildman–Crippen LogP) is 5.27. The number of unbranched alkanes of at least 4 members (excludes halogenated alkanes) is 7. The van der Waals surface area contributed by atoms with Crippen LogP contribution in [-0.2, 0) is 4.79 Å². The highest BCUT2D eigenvalue weighted by molar-refractivity contribution is 14.1. The van der Waals surface area contributed by atoms with E-state index in [4.69, 9.17) is 9.84 Å². The molecule has 21 heavy (non-hydrogen) atoms.